The summed E-state index contributed by atoms with van der Waals surface area (Å²) in [6, 6.07) is 23.2. The number of amides is 1. The minimum atomic E-state index is -0.920. The standard InChI is InChI=1S/C33H36ClFN4O/c1-32(2,31(40)37-27-14-15-30(35)29(34)21-27)38-33(16-18-39(19-17-33)28-8-3-4-9-28)26-12-10-24(11-13-26)25-7-5-6-23(20-25)22-36/h5-7,10-15,20-21,28,38H,3-4,8-9,16-19H2,1-2H3,(H,37,40). The zero-order valence-corrected chi connectivity index (χ0v) is 23.9. The number of likely N-dealkylation sites (tertiary alicyclic amines) is 1. The minimum Gasteiger partial charge on any atom is -0.324 e. The molecule has 0 atom stereocenters. The second-order valence-electron chi connectivity index (χ2n) is 11.7. The molecule has 1 heterocycles. The Morgan fingerprint density at radius 3 is 2.38 bits per heavy atom. The quantitative estimate of drug-likeness (QED) is 0.320. The highest BCUT2D eigenvalue weighted by Crippen LogP contribution is 2.38. The summed E-state index contributed by atoms with van der Waals surface area (Å²) in [6.07, 6.45) is 6.91. The molecule has 2 N–H and O–H groups in total. The van der Waals surface area contributed by atoms with E-state index in [0.29, 0.717) is 17.3 Å². The molecule has 5 rings (SSSR count). The van der Waals surface area contributed by atoms with Crippen molar-refractivity contribution >= 4 is 23.2 Å². The van der Waals surface area contributed by atoms with E-state index >= 15 is 0 Å². The highest BCUT2D eigenvalue weighted by molar-refractivity contribution is 6.31. The molecule has 7 heteroatoms. The van der Waals surface area contributed by atoms with Crippen molar-refractivity contribution < 1.29 is 9.18 Å². The van der Waals surface area contributed by atoms with Crippen LogP contribution in [0.1, 0.15) is 63.5 Å². The van der Waals surface area contributed by atoms with Crippen molar-refractivity contribution in [3.05, 3.63) is 88.7 Å². The molecule has 0 spiro atoms. The highest BCUT2D eigenvalue weighted by Gasteiger charge is 2.43. The van der Waals surface area contributed by atoms with Crippen LogP contribution in [0.25, 0.3) is 11.1 Å². The van der Waals surface area contributed by atoms with Crippen LogP contribution < -0.4 is 10.6 Å². The van der Waals surface area contributed by atoms with Crippen LogP contribution in [0.3, 0.4) is 0 Å². The van der Waals surface area contributed by atoms with Gasteiger partial charge in [-0.05, 0) is 86.6 Å². The van der Waals surface area contributed by atoms with E-state index in [4.69, 9.17) is 11.6 Å². The molecule has 3 aromatic rings. The lowest BCUT2D eigenvalue weighted by Gasteiger charge is -2.48. The zero-order chi connectivity index (χ0) is 28.3. The Morgan fingerprint density at radius 1 is 1.02 bits per heavy atom. The number of benzene rings is 3. The monoisotopic (exact) mass is 558 g/mol. The maximum absolute atomic E-state index is 13.7. The number of piperidine rings is 1. The number of anilines is 1. The van der Waals surface area contributed by atoms with Crippen LogP contribution in [0.4, 0.5) is 10.1 Å². The fourth-order valence-electron chi connectivity index (χ4n) is 6.29. The third-order valence-electron chi connectivity index (χ3n) is 8.55. The van der Waals surface area contributed by atoms with Crippen LogP contribution in [0.5, 0.6) is 0 Å². The van der Waals surface area contributed by atoms with Crippen molar-refractivity contribution in [1.29, 1.82) is 5.26 Å². The molecule has 208 valence electrons. The van der Waals surface area contributed by atoms with Crippen LogP contribution >= 0.6 is 11.6 Å². The van der Waals surface area contributed by atoms with Crippen molar-refractivity contribution in [2.75, 3.05) is 18.4 Å². The van der Waals surface area contributed by atoms with Crippen LogP contribution in [-0.2, 0) is 10.3 Å². The number of carbonyl (C=O) groups is 1. The van der Waals surface area contributed by atoms with Gasteiger partial charge in [0.15, 0.2) is 0 Å². The number of nitrogens with zero attached hydrogens (tertiary/aromatic N) is 2. The smallest absolute Gasteiger partial charge is 0.244 e. The molecule has 1 saturated heterocycles. The lowest BCUT2D eigenvalue weighted by molar-refractivity contribution is -0.122. The van der Waals surface area contributed by atoms with E-state index in [0.717, 1.165) is 42.6 Å². The van der Waals surface area contributed by atoms with Gasteiger partial charge in [0.05, 0.1) is 22.2 Å². The average Bonchev–Trinajstić information content (AvgIpc) is 3.50. The second kappa shape index (κ2) is 11.7. The fourth-order valence-corrected chi connectivity index (χ4v) is 6.47. The lowest BCUT2D eigenvalue weighted by Crippen LogP contribution is -2.62. The maximum Gasteiger partial charge on any atom is 0.244 e. The molecule has 0 unspecified atom stereocenters. The Balaban J connectivity index is 1.40. The van der Waals surface area contributed by atoms with Gasteiger partial charge in [0.1, 0.15) is 5.82 Å². The number of nitrogens with one attached hydrogen (secondary N) is 2. The Bertz CT molecular complexity index is 1400. The summed E-state index contributed by atoms with van der Waals surface area (Å²) in [6.45, 7) is 5.71. The molecule has 1 saturated carbocycles. The first kappa shape index (κ1) is 28.3. The summed E-state index contributed by atoms with van der Waals surface area (Å²) < 4.78 is 13.7. The predicted octanol–water partition coefficient (Wildman–Crippen LogP) is 7.26. The molecule has 1 amide bonds. The van der Waals surface area contributed by atoms with E-state index in [-0.39, 0.29) is 10.9 Å². The molecular formula is C33H36ClFN4O. The van der Waals surface area contributed by atoms with Gasteiger partial charge in [0.2, 0.25) is 5.91 Å². The Hall–Kier alpha value is -3.24. The molecule has 5 nitrogen and oxygen atoms in total. The minimum absolute atomic E-state index is 0.0280. The SMILES string of the molecule is CC(C)(NC1(c2ccc(-c3cccc(C#N)c3)cc2)CCN(C2CCCC2)CC1)C(=O)Nc1ccc(F)c(Cl)c1. The molecule has 1 aliphatic carbocycles. The Morgan fingerprint density at radius 2 is 1.73 bits per heavy atom. The Kier molecular flexibility index (Phi) is 8.28. The Labute approximate surface area is 241 Å². The van der Waals surface area contributed by atoms with Crippen molar-refractivity contribution in [3.63, 3.8) is 0 Å². The van der Waals surface area contributed by atoms with Gasteiger partial charge >= 0.3 is 0 Å². The molecule has 0 radical (unpaired) electrons. The van der Waals surface area contributed by atoms with E-state index in [1.807, 2.05) is 38.1 Å². The number of halogens is 2. The van der Waals surface area contributed by atoms with E-state index in [2.05, 4.69) is 45.9 Å². The molecular weight excluding hydrogens is 523 g/mol. The summed E-state index contributed by atoms with van der Waals surface area (Å²) in [7, 11) is 0. The molecule has 2 fully saturated rings. The fraction of sp³-hybridized carbons (Fsp3) is 0.394. The lowest BCUT2D eigenvalue weighted by atomic mass is 9.78. The van der Waals surface area contributed by atoms with Gasteiger partial charge in [-0.3, -0.25) is 10.1 Å². The first-order valence-electron chi connectivity index (χ1n) is 14.1. The van der Waals surface area contributed by atoms with Gasteiger partial charge in [-0.25, -0.2) is 4.39 Å². The molecule has 1 aliphatic heterocycles. The summed E-state index contributed by atoms with van der Waals surface area (Å²) in [5.41, 5.74) is 2.96. The topological polar surface area (TPSA) is 68.2 Å². The van der Waals surface area contributed by atoms with Gasteiger partial charge in [-0.15, -0.1) is 0 Å². The average molecular weight is 559 g/mol. The summed E-state index contributed by atoms with van der Waals surface area (Å²) in [5.74, 6) is -0.731. The number of hydrogen-bond acceptors (Lipinski definition) is 4. The summed E-state index contributed by atoms with van der Waals surface area (Å²) in [4.78, 5) is 16.1. The predicted molar refractivity (Wildman–Crippen MR) is 159 cm³/mol. The van der Waals surface area contributed by atoms with Crippen molar-refractivity contribution in [2.24, 2.45) is 0 Å². The van der Waals surface area contributed by atoms with Crippen LogP contribution in [-0.4, -0.2) is 35.5 Å². The third kappa shape index (κ3) is 6.07. The van der Waals surface area contributed by atoms with Crippen molar-refractivity contribution in [2.45, 2.75) is 69.5 Å². The van der Waals surface area contributed by atoms with Gasteiger partial charge in [0.25, 0.3) is 0 Å². The van der Waals surface area contributed by atoms with E-state index < -0.39 is 16.9 Å². The van der Waals surface area contributed by atoms with Crippen molar-refractivity contribution in [1.82, 2.24) is 10.2 Å². The molecule has 0 bridgehead atoms. The van der Waals surface area contributed by atoms with Gasteiger partial charge in [-0.2, -0.15) is 5.26 Å². The molecule has 40 heavy (non-hydrogen) atoms. The van der Waals surface area contributed by atoms with Crippen LogP contribution in [0, 0.1) is 17.1 Å². The van der Waals surface area contributed by atoms with E-state index in [9.17, 15) is 14.4 Å². The summed E-state index contributed by atoms with van der Waals surface area (Å²) >= 11 is 5.95. The molecule has 3 aromatic carbocycles. The third-order valence-corrected chi connectivity index (χ3v) is 8.84. The number of nitriles is 1. The molecule has 2 aliphatic rings. The second-order valence-corrected chi connectivity index (χ2v) is 12.1. The maximum atomic E-state index is 13.7. The number of rotatable bonds is 7. The first-order chi connectivity index (χ1) is 19.2. The largest absolute Gasteiger partial charge is 0.324 e. The van der Waals surface area contributed by atoms with Crippen molar-refractivity contribution in [3.8, 4) is 17.2 Å². The van der Waals surface area contributed by atoms with Crippen LogP contribution in [0.2, 0.25) is 5.02 Å². The van der Waals surface area contributed by atoms with E-state index in [1.165, 1.54) is 43.9 Å². The summed E-state index contributed by atoms with van der Waals surface area (Å²) in [5, 5.41) is 16.0. The highest BCUT2D eigenvalue weighted by atomic mass is 35.5. The zero-order valence-electron chi connectivity index (χ0n) is 23.1. The number of carbonyl (C=O) groups excluding carboxylic acids is 1. The van der Waals surface area contributed by atoms with E-state index in [1.54, 1.807) is 0 Å². The normalized spacial score (nSPS) is 17.9. The van der Waals surface area contributed by atoms with Gasteiger partial charge in [-0.1, -0.05) is 60.8 Å². The molecule has 0 aromatic heterocycles. The van der Waals surface area contributed by atoms with Crippen LogP contribution in [0.15, 0.2) is 66.7 Å². The first-order valence-corrected chi connectivity index (χ1v) is 14.5. The van der Waals surface area contributed by atoms with Gasteiger partial charge in [0, 0.05) is 30.4 Å². The number of hydrogen-bond donors (Lipinski definition) is 2. The van der Waals surface area contributed by atoms with Gasteiger partial charge < -0.3 is 10.2 Å².